The molecular weight excluding hydrogens is 326 g/mol. The second-order valence-electron chi connectivity index (χ2n) is 5.72. The molecule has 6 nitrogen and oxygen atoms in total. The summed E-state index contributed by atoms with van der Waals surface area (Å²) >= 11 is 0. The van der Waals surface area contributed by atoms with Crippen molar-refractivity contribution >= 4 is 21.8 Å². The van der Waals surface area contributed by atoms with Gasteiger partial charge in [-0.15, -0.1) is 0 Å². The van der Waals surface area contributed by atoms with Crippen LogP contribution < -0.4 is 5.32 Å². The molecule has 0 aliphatic heterocycles. The Hall–Kier alpha value is -2.41. The van der Waals surface area contributed by atoms with Gasteiger partial charge in [0.2, 0.25) is 5.91 Å². The van der Waals surface area contributed by atoms with E-state index in [1.807, 2.05) is 6.92 Å². The first kappa shape index (κ1) is 17.9. The van der Waals surface area contributed by atoms with Gasteiger partial charge in [0.25, 0.3) is 0 Å². The number of nitrogens with one attached hydrogen (secondary N) is 1. The number of sulfone groups is 1. The van der Waals surface area contributed by atoms with E-state index in [0.29, 0.717) is 0 Å². The summed E-state index contributed by atoms with van der Waals surface area (Å²) in [4.78, 5) is 12.2. The van der Waals surface area contributed by atoms with Gasteiger partial charge >= 0.3 is 0 Å². The summed E-state index contributed by atoms with van der Waals surface area (Å²) in [5.41, 5.74) is 1.78. The number of carbonyl (C=O) groups is 1. The van der Waals surface area contributed by atoms with Crippen molar-refractivity contribution in [2.24, 2.45) is 7.05 Å². The average molecular weight is 347 g/mol. The highest BCUT2D eigenvalue weighted by atomic mass is 32.2. The lowest BCUT2D eigenvalue weighted by Crippen LogP contribution is -2.36. The molecule has 1 atom stereocenters. The zero-order chi connectivity index (χ0) is 17.7. The molecule has 0 saturated heterocycles. The fourth-order valence-corrected chi connectivity index (χ4v) is 3.70. The maximum atomic E-state index is 12.3. The SMILES string of the molecule is Cc1ccc(S(=O)(=O)CC(C)NC(=O)/C=C/c2ccnn2C)cc1. The third-order valence-corrected chi connectivity index (χ3v) is 5.43. The Morgan fingerprint density at radius 2 is 1.96 bits per heavy atom. The number of aromatic nitrogens is 2. The minimum absolute atomic E-state index is 0.151. The van der Waals surface area contributed by atoms with Gasteiger partial charge in [-0.3, -0.25) is 9.48 Å². The largest absolute Gasteiger partial charge is 0.349 e. The van der Waals surface area contributed by atoms with Gasteiger partial charge in [0.1, 0.15) is 0 Å². The third kappa shape index (κ3) is 4.79. The lowest BCUT2D eigenvalue weighted by atomic mass is 10.2. The smallest absolute Gasteiger partial charge is 0.244 e. The van der Waals surface area contributed by atoms with Crippen LogP contribution in [0.5, 0.6) is 0 Å². The third-order valence-electron chi connectivity index (χ3n) is 3.50. The second kappa shape index (κ2) is 7.44. The molecular formula is C17H21N3O3S. The van der Waals surface area contributed by atoms with E-state index in [4.69, 9.17) is 0 Å². The minimum atomic E-state index is -3.44. The maximum Gasteiger partial charge on any atom is 0.244 e. The number of amides is 1. The molecule has 0 aliphatic carbocycles. The van der Waals surface area contributed by atoms with Crippen LogP contribution in [0.4, 0.5) is 0 Å². The number of benzene rings is 1. The molecule has 24 heavy (non-hydrogen) atoms. The van der Waals surface area contributed by atoms with Gasteiger partial charge in [0.15, 0.2) is 9.84 Å². The van der Waals surface area contributed by atoms with E-state index < -0.39 is 15.9 Å². The summed E-state index contributed by atoms with van der Waals surface area (Å²) in [7, 11) is -1.67. The number of carbonyl (C=O) groups excluding carboxylic acids is 1. The lowest BCUT2D eigenvalue weighted by molar-refractivity contribution is -0.116. The molecule has 1 aromatic carbocycles. The molecule has 0 radical (unpaired) electrons. The highest BCUT2D eigenvalue weighted by molar-refractivity contribution is 7.91. The van der Waals surface area contributed by atoms with E-state index in [2.05, 4.69) is 10.4 Å². The molecule has 1 aromatic heterocycles. The summed E-state index contributed by atoms with van der Waals surface area (Å²) in [5, 5.41) is 6.66. The number of hydrogen-bond acceptors (Lipinski definition) is 4. The molecule has 2 aromatic rings. The Balaban J connectivity index is 1.95. The van der Waals surface area contributed by atoms with Gasteiger partial charge in [-0.05, 0) is 38.1 Å². The van der Waals surface area contributed by atoms with Gasteiger partial charge in [0.05, 0.1) is 16.3 Å². The molecule has 128 valence electrons. The van der Waals surface area contributed by atoms with Crippen LogP contribution >= 0.6 is 0 Å². The van der Waals surface area contributed by atoms with E-state index in [-0.39, 0.29) is 16.6 Å². The topological polar surface area (TPSA) is 81.1 Å². The Morgan fingerprint density at radius 3 is 2.54 bits per heavy atom. The fourth-order valence-electron chi connectivity index (χ4n) is 2.21. The first-order valence-electron chi connectivity index (χ1n) is 7.54. The van der Waals surface area contributed by atoms with Gasteiger partial charge < -0.3 is 5.32 Å². The van der Waals surface area contributed by atoms with Crippen LogP contribution in [0.25, 0.3) is 6.08 Å². The van der Waals surface area contributed by atoms with E-state index in [9.17, 15) is 13.2 Å². The number of hydrogen-bond donors (Lipinski definition) is 1. The van der Waals surface area contributed by atoms with Crippen LogP contribution in [0.1, 0.15) is 18.2 Å². The van der Waals surface area contributed by atoms with Crippen LogP contribution in [-0.4, -0.2) is 35.9 Å². The van der Waals surface area contributed by atoms with Crippen molar-refractivity contribution in [3.05, 3.63) is 53.9 Å². The van der Waals surface area contributed by atoms with Crippen LogP contribution in [-0.2, 0) is 21.7 Å². The predicted octanol–water partition coefficient (Wildman–Crippen LogP) is 1.72. The van der Waals surface area contributed by atoms with E-state index >= 15 is 0 Å². The monoisotopic (exact) mass is 347 g/mol. The summed E-state index contributed by atoms with van der Waals surface area (Å²) in [6.45, 7) is 3.56. The van der Waals surface area contributed by atoms with Crippen LogP contribution in [0.15, 0.2) is 47.5 Å². The number of rotatable bonds is 6. The van der Waals surface area contributed by atoms with E-state index in [0.717, 1.165) is 11.3 Å². The summed E-state index contributed by atoms with van der Waals surface area (Å²) < 4.78 is 26.3. The van der Waals surface area contributed by atoms with Gasteiger partial charge in [-0.25, -0.2) is 8.42 Å². The van der Waals surface area contributed by atoms with E-state index in [1.54, 1.807) is 61.3 Å². The van der Waals surface area contributed by atoms with Crippen molar-refractivity contribution in [1.29, 1.82) is 0 Å². The van der Waals surface area contributed by atoms with Crippen molar-refractivity contribution < 1.29 is 13.2 Å². The average Bonchev–Trinajstić information content (AvgIpc) is 2.90. The summed E-state index contributed by atoms with van der Waals surface area (Å²) in [6, 6.07) is 7.96. The van der Waals surface area contributed by atoms with Gasteiger partial charge in [-0.1, -0.05) is 17.7 Å². The van der Waals surface area contributed by atoms with Gasteiger partial charge in [-0.2, -0.15) is 5.10 Å². The Morgan fingerprint density at radius 1 is 1.29 bits per heavy atom. The molecule has 0 fully saturated rings. The summed E-state index contributed by atoms with van der Waals surface area (Å²) in [6.07, 6.45) is 4.63. The van der Waals surface area contributed by atoms with Crippen molar-refractivity contribution in [3.8, 4) is 0 Å². The molecule has 0 spiro atoms. The normalized spacial score (nSPS) is 13.1. The second-order valence-corrected chi connectivity index (χ2v) is 7.75. The standard InChI is InChI=1S/C17H21N3O3S/c1-13-4-7-16(8-5-13)24(22,23)12-14(2)19-17(21)9-6-15-10-11-18-20(15)3/h4-11,14H,12H2,1-3H3,(H,19,21)/b9-6+. The maximum absolute atomic E-state index is 12.3. The predicted molar refractivity (Wildman–Crippen MR) is 93.1 cm³/mol. The molecule has 1 amide bonds. The quantitative estimate of drug-likeness (QED) is 0.807. The molecule has 7 heteroatoms. The zero-order valence-electron chi connectivity index (χ0n) is 13.9. The first-order valence-corrected chi connectivity index (χ1v) is 9.19. The van der Waals surface area contributed by atoms with Crippen molar-refractivity contribution in [2.45, 2.75) is 24.8 Å². The number of aryl methyl sites for hydroxylation is 2. The highest BCUT2D eigenvalue weighted by Crippen LogP contribution is 2.13. The van der Waals surface area contributed by atoms with Crippen LogP contribution in [0.3, 0.4) is 0 Å². The fraction of sp³-hybridized carbons (Fsp3) is 0.294. The molecule has 1 N–H and O–H groups in total. The van der Waals surface area contributed by atoms with Crippen LogP contribution in [0.2, 0.25) is 0 Å². The van der Waals surface area contributed by atoms with Crippen molar-refractivity contribution in [2.75, 3.05) is 5.75 Å². The van der Waals surface area contributed by atoms with E-state index in [1.165, 1.54) is 6.08 Å². The Kier molecular flexibility index (Phi) is 5.56. The lowest BCUT2D eigenvalue weighted by Gasteiger charge is -2.13. The molecule has 1 unspecified atom stereocenters. The first-order chi connectivity index (χ1) is 11.3. The molecule has 0 bridgehead atoms. The number of nitrogens with zero attached hydrogens (tertiary/aromatic N) is 2. The summed E-state index contributed by atoms with van der Waals surface area (Å²) in [5.74, 6) is -0.496. The van der Waals surface area contributed by atoms with Crippen molar-refractivity contribution in [3.63, 3.8) is 0 Å². The van der Waals surface area contributed by atoms with Crippen LogP contribution in [0, 0.1) is 6.92 Å². The molecule has 0 aliphatic rings. The molecule has 0 saturated carbocycles. The van der Waals surface area contributed by atoms with Gasteiger partial charge in [0, 0.05) is 25.4 Å². The molecule has 2 rings (SSSR count). The van der Waals surface area contributed by atoms with Crippen molar-refractivity contribution in [1.82, 2.24) is 15.1 Å². The highest BCUT2D eigenvalue weighted by Gasteiger charge is 2.19. The minimum Gasteiger partial charge on any atom is -0.349 e. The Labute approximate surface area is 142 Å². The Bertz CT molecular complexity index is 836. The zero-order valence-corrected chi connectivity index (χ0v) is 14.7. The molecule has 1 heterocycles.